The third-order valence-corrected chi connectivity index (χ3v) is 6.91. The standard InChI is InChI=1S/C20H17Cl2F2N3O4S/c21-11-3-2-10(6-12(11)22)32-20-19(30)17(18(29)16(8-28)31-20)27-7-15(25-26-27)9-1-4-13(23)14(24)5-9/h1-7,16-20,28-30H,8H2. The van der Waals surface area contributed by atoms with Crippen LogP contribution in [0.4, 0.5) is 8.78 Å². The van der Waals surface area contributed by atoms with E-state index in [9.17, 15) is 24.1 Å². The first-order valence-corrected chi connectivity index (χ1v) is 11.0. The van der Waals surface area contributed by atoms with Crippen molar-refractivity contribution in [3.63, 3.8) is 0 Å². The number of nitrogens with zero attached hydrogens (tertiary/aromatic N) is 3. The van der Waals surface area contributed by atoms with Crippen LogP contribution >= 0.6 is 35.0 Å². The molecule has 0 spiro atoms. The third kappa shape index (κ3) is 4.62. The van der Waals surface area contributed by atoms with Crippen LogP contribution in [0, 0.1) is 11.6 Å². The van der Waals surface area contributed by atoms with E-state index in [0.717, 1.165) is 23.9 Å². The highest BCUT2D eigenvalue weighted by Crippen LogP contribution is 2.39. The number of thioether (sulfide) groups is 1. The minimum Gasteiger partial charge on any atom is -0.394 e. The van der Waals surface area contributed by atoms with Crippen LogP contribution in [0.25, 0.3) is 11.3 Å². The van der Waals surface area contributed by atoms with Crippen LogP contribution in [-0.4, -0.2) is 60.7 Å². The Morgan fingerprint density at radius 2 is 1.81 bits per heavy atom. The van der Waals surface area contributed by atoms with Gasteiger partial charge in [-0.3, -0.25) is 0 Å². The molecule has 2 heterocycles. The molecule has 0 amide bonds. The predicted octanol–water partition coefficient (Wildman–Crippen LogP) is 3.30. The Kier molecular flexibility index (Phi) is 7.01. The lowest BCUT2D eigenvalue weighted by Crippen LogP contribution is -2.55. The summed E-state index contributed by atoms with van der Waals surface area (Å²) in [6.45, 7) is -0.506. The molecule has 5 atom stereocenters. The van der Waals surface area contributed by atoms with Crippen molar-refractivity contribution in [2.24, 2.45) is 0 Å². The Morgan fingerprint density at radius 3 is 2.50 bits per heavy atom. The number of ether oxygens (including phenoxy) is 1. The third-order valence-electron chi connectivity index (χ3n) is 5.02. The monoisotopic (exact) mass is 503 g/mol. The molecule has 170 valence electrons. The van der Waals surface area contributed by atoms with Crippen molar-refractivity contribution in [3.8, 4) is 11.3 Å². The van der Waals surface area contributed by atoms with Gasteiger partial charge in [0.05, 0.1) is 22.8 Å². The highest BCUT2D eigenvalue weighted by molar-refractivity contribution is 7.99. The van der Waals surface area contributed by atoms with Gasteiger partial charge in [-0.05, 0) is 36.4 Å². The van der Waals surface area contributed by atoms with E-state index in [1.807, 2.05) is 0 Å². The van der Waals surface area contributed by atoms with Gasteiger partial charge < -0.3 is 20.1 Å². The van der Waals surface area contributed by atoms with E-state index in [1.165, 1.54) is 16.9 Å². The smallest absolute Gasteiger partial charge is 0.159 e. The lowest BCUT2D eigenvalue weighted by molar-refractivity contribution is -0.178. The number of hydrogen-bond donors (Lipinski definition) is 3. The van der Waals surface area contributed by atoms with Gasteiger partial charge in [0.15, 0.2) is 11.6 Å². The van der Waals surface area contributed by atoms with Crippen LogP contribution in [-0.2, 0) is 4.74 Å². The second kappa shape index (κ2) is 9.60. The SMILES string of the molecule is OCC1OC(Sc2ccc(Cl)c(Cl)c2)C(O)C(n2cc(-c3ccc(F)c(F)c3)nn2)C1O. The topological polar surface area (TPSA) is 101 Å². The minimum absolute atomic E-state index is 0.212. The van der Waals surface area contributed by atoms with Crippen LogP contribution < -0.4 is 0 Å². The van der Waals surface area contributed by atoms with Gasteiger partial charge >= 0.3 is 0 Å². The second-order valence-electron chi connectivity index (χ2n) is 7.10. The summed E-state index contributed by atoms with van der Waals surface area (Å²) in [5.74, 6) is -2.04. The molecule has 0 bridgehead atoms. The summed E-state index contributed by atoms with van der Waals surface area (Å²) in [6, 6.07) is 7.14. The summed E-state index contributed by atoms with van der Waals surface area (Å²) >= 11 is 13.1. The summed E-state index contributed by atoms with van der Waals surface area (Å²) in [4.78, 5) is 0.649. The highest BCUT2D eigenvalue weighted by atomic mass is 35.5. The van der Waals surface area contributed by atoms with Gasteiger partial charge in [-0.15, -0.1) is 5.10 Å². The van der Waals surface area contributed by atoms with Gasteiger partial charge in [0.2, 0.25) is 0 Å². The van der Waals surface area contributed by atoms with E-state index in [4.69, 9.17) is 27.9 Å². The van der Waals surface area contributed by atoms with E-state index in [2.05, 4.69) is 10.3 Å². The zero-order chi connectivity index (χ0) is 23.0. The van der Waals surface area contributed by atoms with Gasteiger partial charge in [-0.2, -0.15) is 0 Å². The molecule has 32 heavy (non-hydrogen) atoms. The number of hydrogen-bond acceptors (Lipinski definition) is 7. The minimum atomic E-state index is -1.32. The number of benzene rings is 2. The van der Waals surface area contributed by atoms with Crippen molar-refractivity contribution in [1.82, 2.24) is 15.0 Å². The maximum atomic E-state index is 13.6. The normalized spacial score (nSPS) is 25.8. The van der Waals surface area contributed by atoms with Gasteiger partial charge in [-0.25, -0.2) is 13.5 Å². The Labute approximate surface area is 195 Å². The van der Waals surface area contributed by atoms with Crippen LogP contribution in [0.3, 0.4) is 0 Å². The number of rotatable bonds is 5. The average molecular weight is 504 g/mol. The Hall–Kier alpha value is -1.79. The molecule has 1 aliphatic rings. The summed E-state index contributed by atoms with van der Waals surface area (Å²) < 4.78 is 33.7. The second-order valence-corrected chi connectivity index (χ2v) is 9.09. The van der Waals surface area contributed by atoms with E-state index in [-0.39, 0.29) is 11.3 Å². The molecule has 1 aromatic heterocycles. The molecule has 0 saturated carbocycles. The molecule has 1 aliphatic heterocycles. The Balaban J connectivity index is 1.62. The lowest BCUT2D eigenvalue weighted by Gasteiger charge is -2.41. The first-order chi connectivity index (χ1) is 15.3. The van der Waals surface area contributed by atoms with E-state index in [0.29, 0.717) is 14.9 Å². The molecule has 7 nitrogen and oxygen atoms in total. The first kappa shape index (κ1) is 23.4. The molecule has 0 radical (unpaired) electrons. The van der Waals surface area contributed by atoms with Crippen molar-refractivity contribution in [3.05, 3.63) is 64.3 Å². The van der Waals surface area contributed by atoms with Crippen LogP contribution in [0.5, 0.6) is 0 Å². The fraction of sp³-hybridized carbons (Fsp3) is 0.300. The Morgan fingerprint density at radius 1 is 1.03 bits per heavy atom. The molecule has 4 rings (SSSR count). The van der Waals surface area contributed by atoms with Crippen molar-refractivity contribution in [2.45, 2.75) is 34.7 Å². The molecule has 3 N–H and O–H groups in total. The summed E-state index contributed by atoms with van der Waals surface area (Å²) in [7, 11) is 0. The van der Waals surface area contributed by atoms with Gasteiger partial charge in [0.25, 0.3) is 0 Å². The number of aliphatic hydroxyl groups is 3. The van der Waals surface area contributed by atoms with Gasteiger partial charge in [0, 0.05) is 10.5 Å². The quantitative estimate of drug-likeness (QED) is 0.490. The van der Waals surface area contributed by atoms with Gasteiger partial charge in [-0.1, -0.05) is 40.2 Å². The maximum Gasteiger partial charge on any atom is 0.159 e. The van der Waals surface area contributed by atoms with Crippen molar-refractivity contribution in [1.29, 1.82) is 0 Å². The maximum absolute atomic E-state index is 13.6. The zero-order valence-electron chi connectivity index (χ0n) is 16.1. The fourth-order valence-electron chi connectivity index (χ4n) is 3.37. The van der Waals surface area contributed by atoms with Crippen LogP contribution in [0.15, 0.2) is 47.5 Å². The molecule has 1 fully saturated rings. The molecule has 5 unspecified atom stereocenters. The summed E-state index contributed by atoms with van der Waals surface area (Å²) in [5.41, 5.74) is -0.413. The molecule has 1 saturated heterocycles. The van der Waals surface area contributed by atoms with Crippen molar-refractivity contribution in [2.75, 3.05) is 6.61 Å². The summed E-state index contributed by atoms with van der Waals surface area (Å²) in [6.07, 6.45) is -2.21. The molecular formula is C20H17Cl2F2N3O4S. The van der Waals surface area contributed by atoms with Gasteiger partial charge in [0.1, 0.15) is 35.5 Å². The fourth-order valence-corrected chi connectivity index (χ4v) is 4.83. The van der Waals surface area contributed by atoms with E-state index in [1.54, 1.807) is 18.2 Å². The van der Waals surface area contributed by atoms with Crippen LogP contribution in [0.2, 0.25) is 10.0 Å². The van der Waals surface area contributed by atoms with Crippen molar-refractivity contribution >= 4 is 35.0 Å². The van der Waals surface area contributed by atoms with E-state index < -0.39 is 48.0 Å². The average Bonchev–Trinajstić information content (AvgIpc) is 3.24. The first-order valence-electron chi connectivity index (χ1n) is 9.40. The summed E-state index contributed by atoms with van der Waals surface area (Å²) in [5, 5.41) is 39.9. The predicted molar refractivity (Wildman–Crippen MR) is 114 cm³/mol. The molecule has 2 aromatic carbocycles. The molecular weight excluding hydrogens is 487 g/mol. The molecule has 12 heteroatoms. The van der Waals surface area contributed by atoms with Crippen LogP contribution in [0.1, 0.15) is 6.04 Å². The van der Waals surface area contributed by atoms with Crippen molar-refractivity contribution < 1.29 is 28.8 Å². The molecule has 0 aliphatic carbocycles. The number of aromatic nitrogens is 3. The zero-order valence-corrected chi connectivity index (χ0v) is 18.5. The Bertz CT molecular complexity index is 1120. The number of aliphatic hydroxyl groups excluding tert-OH is 3. The largest absolute Gasteiger partial charge is 0.394 e. The number of halogens is 4. The van der Waals surface area contributed by atoms with E-state index >= 15 is 0 Å². The highest BCUT2D eigenvalue weighted by Gasteiger charge is 2.46. The molecule has 3 aromatic rings. The lowest BCUT2D eigenvalue weighted by atomic mass is 9.97.